The molecule has 0 aliphatic carbocycles. The summed E-state index contributed by atoms with van der Waals surface area (Å²) < 4.78 is 69.9. The third kappa shape index (κ3) is 6.55. The Balaban J connectivity index is 1.54. The maximum Gasteiger partial charge on any atom is 0.416 e. The molecule has 0 unspecified atom stereocenters. The standard InChI is InChI=1S/C23H28F3N3O4S/c1-33-21-9-4-8-20(17-21)29(34(2,31)32)11-5-10-22(30)28-14-12-27(13-15-28)19-7-3-6-18(16-19)23(24,25)26/h3-4,6-9,16-17H,5,10-15H2,1-2H3. The number of sulfonamides is 1. The van der Waals surface area contributed by atoms with Crippen molar-refractivity contribution in [2.45, 2.75) is 19.0 Å². The fourth-order valence-corrected chi connectivity index (χ4v) is 4.83. The molecule has 11 heteroatoms. The monoisotopic (exact) mass is 499 g/mol. The van der Waals surface area contributed by atoms with Crippen LogP contribution in [0.5, 0.6) is 5.75 Å². The molecule has 1 aliphatic heterocycles. The number of carbonyl (C=O) groups excluding carboxylic acids is 1. The Hall–Kier alpha value is -2.95. The van der Waals surface area contributed by atoms with Crippen molar-refractivity contribution in [1.29, 1.82) is 0 Å². The SMILES string of the molecule is COc1cccc(N(CCCC(=O)N2CCN(c3cccc(C(F)(F)F)c3)CC2)S(C)(=O)=O)c1. The number of carbonyl (C=O) groups is 1. The van der Waals surface area contributed by atoms with Gasteiger partial charge in [0.2, 0.25) is 15.9 Å². The van der Waals surface area contributed by atoms with E-state index in [4.69, 9.17) is 4.74 Å². The molecule has 2 aromatic carbocycles. The molecule has 1 fully saturated rings. The molecule has 0 spiro atoms. The highest BCUT2D eigenvalue weighted by Gasteiger charge is 2.31. The van der Waals surface area contributed by atoms with Gasteiger partial charge >= 0.3 is 6.18 Å². The maximum atomic E-state index is 13.0. The molecule has 0 radical (unpaired) electrons. The zero-order chi connectivity index (χ0) is 24.9. The van der Waals surface area contributed by atoms with Crippen molar-refractivity contribution in [2.75, 3.05) is 55.3 Å². The highest BCUT2D eigenvalue weighted by molar-refractivity contribution is 7.92. The van der Waals surface area contributed by atoms with E-state index in [9.17, 15) is 26.4 Å². The Morgan fingerprint density at radius 3 is 2.35 bits per heavy atom. The molecule has 0 aromatic heterocycles. The van der Waals surface area contributed by atoms with E-state index in [1.807, 2.05) is 4.90 Å². The lowest BCUT2D eigenvalue weighted by Gasteiger charge is -2.36. The van der Waals surface area contributed by atoms with Crippen LogP contribution in [-0.2, 0) is 21.0 Å². The van der Waals surface area contributed by atoms with Crippen molar-refractivity contribution in [2.24, 2.45) is 0 Å². The molecule has 1 aliphatic rings. The van der Waals surface area contributed by atoms with E-state index >= 15 is 0 Å². The number of hydrogen-bond acceptors (Lipinski definition) is 5. The van der Waals surface area contributed by atoms with E-state index in [1.165, 1.54) is 17.5 Å². The average Bonchev–Trinajstić information content (AvgIpc) is 2.80. The van der Waals surface area contributed by atoms with Crippen LogP contribution >= 0.6 is 0 Å². The van der Waals surface area contributed by atoms with Gasteiger partial charge in [0.25, 0.3) is 0 Å². The van der Waals surface area contributed by atoms with E-state index in [2.05, 4.69) is 0 Å². The summed E-state index contributed by atoms with van der Waals surface area (Å²) in [4.78, 5) is 16.2. The zero-order valence-electron chi connectivity index (χ0n) is 19.1. The van der Waals surface area contributed by atoms with Crippen molar-refractivity contribution < 1.29 is 31.1 Å². The largest absolute Gasteiger partial charge is 0.497 e. The van der Waals surface area contributed by atoms with Crippen LogP contribution in [0.4, 0.5) is 24.5 Å². The number of methoxy groups -OCH3 is 1. The van der Waals surface area contributed by atoms with Gasteiger partial charge in [0.1, 0.15) is 5.75 Å². The van der Waals surface area contributed by atoms with E-state index in [-0.39, 0.29) is 18.9 Å². The van der Waals surface area contributed by atoms with Crippen molar-refractivity contribution in [3.05, 3.63) is 54.1 Å². The van der Waals surface area contributed by atoms with Crippen LogP contribution < -0.4 is 13.9 Å². The fraction of sp³-hybridized carbons (Fsp3) is 0.435. The summed E-state index contributed by atoms with van der Waals surface area (Å²) >= 11 is 0. The lowest BCUT2D eigenvalue weighted by molar-refractivity contribution is -0.137. The number of anilines is 2. The van der Waals surface area contributed by atoms with Gasteiger partial charge in [-0.3, -0.25) is 9.10 Å². The minimum atomic E-state index is -4.40. The number of alkyl halides is 3. The molecule has 0 atom stereocenters. The second kappa shape index (κ2) is 10.5. The molecule has 0 N–H and O–H groups in total. The Kier molecular flexibility index (Phi) is 7.96. The Morgan fingerprint density at radius 1 is 1.06 bits per heavy atom. The van der Waals surface area contributed by atoms with Crippen LogP contribution in [0.3, 0.4) is 0 Å². The minimum Gasteiger partial charge on any atom is -0.497 e. The van der Waals surface area contributed by atoms with E-state index in [0.717, 1.165) is 18.4 Å². The molecule has 1 heterocycles. The van der Waals surface area contributed by atoms with E-state index in [1.54, 1.807) is 35.2 Å². The van der Waals surface area contributed by atoms with Gasteiger partial charge < -0.3 is 14.5 Å². The van der Waals surface area contributed by atoms with Crippen LogP contribution in [-0.4, -0.2) is 65.3 Å². The molecule has 34 heavy (non-hydrogen) atoms. The van der Waals surface area contributed by atoms with Gasteiger partial charge in [-0.1, -0.05) is 12.1 Å². The summed E-state index contributed by atoms with van der Waals surface area (Å²) in [6.45, 7) is 1.77. The first-order valence-electron chi connectivity index (χ1n) is 10.8. The molecule has 1 saturated heterocycles. The number of rotatable bonds is 8. The predicted molar refractivity (Wildman–Crippen MR) is 125 cm³/mol. The van der Waals surface area contributed by atoms with Gasteiger partial charge in [-0.25, -0.2) is 8.42 Å². The number of ether oxygens (including phenoxy) is 1. The number of nitrogens with zero attached hydrogens (tertiary/aromatic N) is 3. The van der Waals surface area contributed by atoms with Crippen LogP contribution in [0.2, 0.25) is 0 Å². The number of piperazine rings is 1. The molecule has 186 valence electrons. The molecule has 7 nitrogen and oxygen atoms in total. The summed E-state index contributed by atoms with van der Waals surface area (Å²) in [7, 11) is -2.06. The normalized spacial score (nSPS) is 14.7. The molecular formula is C23H28F3N3O4S. The number of halogens is 3. The predicted octanol–water partition coefficient (Wildman–Crippen LogP) is 3.61. The summed E-state index contributed by atoms with van der Waals surface area (Å²) in [6.07, 6.45) is -2.80. The summed E-state index contributed by atoms with van der Waals surface area (Å²) in [6, 6.07) is 11.9. The Labute approximate surface area is 197 Å². The van der Waals surface area contributed by atoms with Gasteiger partial charge in [-0.15, -0.1) is 0 Å². The van der Waals surface area contributed by atoms with Gasteiger partial charge in [0.05, 0.1) is 24.6 Å². The van der Waals surface area contributed by atoms with Crippen LogP contribution in [0, 0.1) is 0 Å². The van der Waals surface area contributed by atoms with Gasteiger partial charge in [0.15, 0.2) is 0 Å². The van der Waals surface area contributed by atoms with E-state index < -0.39 is 21.8 Å². The number of amides is 1. The highest BCUT2D eigenvalue weighted by atomic mass is 32.2. The molecule has 1 amide bonds. The van der Waals surface area contributed by atoms with Crippen LogP contribution in [0.15, 0.2) is 48.5 Å². The third-order valence-corrected chi connectivity index (χ3v) is 6.86. The molecule has 0 bridgehead atoms. The highest BCUT2D eigenvalue weighted by Crippen LogP contribution is 2.32. The molecule has 0 saturated carbocycles. The first-order valence-corrected chi connectivity index (χ1v) is 12.7. The number of hydrogen-bond donors (Lipinski definition) is 0. The second-order valence-electron chi connectivity index (χ2n) is 8.06. The first kappa shape index (κ1) is 25.7. The zero-order valence-corrected chi connectivity index (χ0v) is 19.9. The lowest BCUT2D eigenvalue weighted by Crippen LogP contribution is -2.49. The second-order valence-corrected chi connectivity index (χ2v) is 9.96. The summed E-state index contributed by atoms with van der Waals surface area (Å²) in [5, 5.41) is 0. The molecule has 3 rings (SSSR count). The fourth-order valence-electron chi connectivity index (χ4n) is 3.88. The third-order valence-electron chi connectivity index (χ3n) is 5.66. The summed E-state index contributed by atoms with van der Waals surface area (Å²) in [5.41, 5.74) is 0.239. The smallest absolute Gasteiger partial charge is 0.416 e. The minimum absolute atomic E-state index is 0.109. The van der Waals surface area contributed by atoms with E-state index in [0.29, 0.717) is 49.7 Å². The number of benzene rings is 2. The van der Waals surface area contributed by atoms with Gasteiger partial charge in [-0.05, 0) is 36.8 Å². The Bertz CT molecular complexity index is 1100. The van der Waals surface area contributed by atoms with Gasteiger partial charge in [0, 0.05) is 50.9 Å². The molecule has 2 aromatic rings. The van der Waals surface area contributed by atoms with Crippen molar-refractivity contribution in [3.8, 4) is 5.75 Å². The Morgan fingerprint density at radius 2 is 1.74 bits per heavy atom. The van der Waals surface area contributed by atoms with Gasteiger partial charge in [-0.2, -0.15) is 13.2 Å². The quantitative estimate of drug-likeness (QED) is 0.555. The maximum absolute atomic E-state index is 13.0. The lowest BCUT2D eigenvalue weighted by atomic mass is 10.1. The summed E-state index contributed by atoms with van der Waals surface area (Å²) in [5.74, 6) is 0.420. The van der Waals surface area contributed by atoms with Crippen LogP contribution in [0.1, 0.15) is 18.4 Å². The molecular weight excluding hydrogens is 471 g/mol. The van der Waals surface area contributed by atoms with Crippen molar-refractivity contribution in [1.82, 2.24) is 4.90 Å². The average molecular weight is 500 g/mol. The van der Waals surface area contributed by atoms with Crippen LogP contribution in [0.25, 0.3) is 0 Å². The topological polar surface area (TPSA) is 70.2 Å². The first-order chi connectivity index (χ1) is 16.0. The van der Waals surface area contributed by atoms with Crippen molar-refractivity contribution >= 4 is 27.3 Å². The van der Waals surface area contributed by atoms with Crippen molar-refractivity contribution in [3.63, 3.8) is 0 Å².